The third-order valence-corrected chi connectivity index (χ3v) is 5.74. The van der Waals surface area contributed by atoms with Crippen LogP contribution in [0.15, 0.2) is 39.3 Å². The summed E-state index contributed by atoms with van der Waals surface area (Å²) in [5, 5.41) is 11.3. The Balaban J connectivity index is 2.04. The van der Waals surface area contributed by atoms with Crippen molar-refractivity contribution in [1.82, 2.24) is 29.6 Å². The van der Waals surface area contributed by atoms with E-state index in [1.807, 2.05) is 6.92 Å². The molecule has 0 bridgehead atoms. The molecule has 0 radical (unpaired) electrons. The lowest BCUT2D eigenvalue weighted by molar-refractivity contribution is -0.130. The molecule has 2 heterocycles. The van der Waals surface area contributed by atoms with E-state index < -0.39 is 27.9 Å². The van der Waals surface area contributed by atoms with E-state index in [1.54, 1.807) is 6.92 Å². The highest BCUT2D eigenvalue weighted by Crippen LogP contribution is 2.32. The van der Waals surface area contributed by atoms with Gasteiger partial charge in [-0.1, -0.05) is 18.5 Å². The lowest BCUT2D eigenvalue weighted by Crippen LogP contribution is -2.30. The van der Waals surface area contributed by atoms with Gasteiger partial charge in [-0.3, -0.25) is 0 Å². The molecule has 1 aliphatic rings. The molecule has 3 rings (SSSR count). The van der Waals surface area contributed by atoms with Crippen LogP contribution >= 0.6 is 11.6 Å². The second kappa shape index (κ2) is 8.17. The van der Waals surface area contributed by atoms with Crippen LogP contribution in [0.3, 0.4) is 0 Å². The normalized spacial score (nSPS) is 16.8. The standard InChI is InChI=1S/C16H17ClN6O5S/c1-4-22-13(5-6-18-22)28-15(24)10-7-12(29(26)27)9(2)11(14(10)17)8-23-16(25)21(3)19-20-23/h5-7,9H,4,8H2,1-3H3. The zero-order chi connectivity index (χ0) is 21.3. The van der Waals surface area contributed by atoms with Gasteiger partial charge in [-0.05, 0) is 29.0 Å². The smallest absolute Gasteiger partial charge is 0.363 e. The van der Waals surface area contributed by atoms with Crippen LogP contribution in [0.5, 0.6) is 5.88 Å². The molecule has 1 atom stereocenters. The first-order valence-electron chi connectivity index (χ1n) is 8.52. The van der Waals surface area contributed by atoms with E-state index >= 15 is 0 Å². The number of tetrazole rings is 1. The summed E-state index contributed by atoms with van der Waals surface area (Å²) in [6, 6.07) is 1.50. The summed E-state index contributed by atoms with van der Waals surface area (Å²) in [6.07, 6.45) is 2.64. The Labute approximate surface area is 171 Å². The van der Waals surface area contributed by atoms with Crippen LogP contribution < -0.4 is 10.4 Å². The molecule has 0 aliphatic heterocycles. The number of hydrogen-bond acceptors (Lipinski definition) is 8. The average molecular weight is 441 g/mol. The zero-order valence-corrected chi connectivity index (χ0v) is 17.3. The summed E-state index contributed by atoms with van der Waals surface area (Å²) >= 11 is 6.43. The van der Waals surface area contributed by atoms with Crippen molar-refractivity contribution < 1.29 is 17.9 Å². The monoisotopic (exact) mass is 440 g/mol. The average Bonchev–Trinajstić information content (AvgIpc) is 3.25. The summed E-state index contributed by atoms with van der Waals surface area (Å²) in [7, 11) is -1.19. The third kappa shape index (κ3) is 3.93. The van der Waals surface area contributed by atoms with Gasteiger partial charge in [0.15, 0.2) is 0 Å². The van der Waals surface area contributed by atoms with Crippen LogP contribution in [-0.2, 0) is 35.2 Å². The van der Waals surface area contributed by atoms with Crippen molar-refractivity contribution in [3.05, 3.63) is 45.0 Å². The predicted molar refractivity (Wildman–Crippen MR) is 103 cm³/mol. The molecule has 2 aromatic heterocycles. The Bertz CT molecular complexity index is 1220. The lowest BCUT2D eigenvalue weighted by atomic mass is 9.89. The Morgan fingerprint density at radius 3 is 2.62 bits per heavy atom. The van der Waals surface area contributed by atoms with Gasteiger partial charge in [0.05, 0.1) is 28.2 Å². The van der Waals surface area contributed by atoms with Crippen molar-refractivity contribution in [3.8, 4) is 5.88 Å². The second-order valence-electron chi connectivity index (χ2n) is 6.17. The molecular formula is C16H17ClN6O5S. The molecule has 13 heteroatoms. The molecule has 11 nitrogen and oxygen atoms in total. The van der Waals surface area contributed by atoms with E-state index in [0.29, 0.717) is 12.1 Å². The highest BCUT2D eigenvalue weighted by atomic mass is 35.5. The topological polar surface area (TPSA) is 131 Å². The van der Waals surface area contributed by atoms with Crippen molar-refractivity contribution in [2.45, 2.75) is 26.9 Å². The molecule has 0 amide bonds. The van der Waals surface area contributed by atoms with Crippen LogP contribution in [0.25, 0.3) is 0 Å². The number of aromatic nitrogens is 6. The molecule has 0 spiro atoms. The van der Waals surface area contributed by atoms with E-state index in [2.05, 4.69) is 15.5 Å². The van der Waals surface area contributed by atoms with Gasteiger partial charge < -0.3 is 4.74 Å². The molecule has 0 aromatic carbocycles. The molecule has 0 saturated carbocycles. The fraction of sp³-hybridized carbons (Fsp3) is 0.375. The number of esters is 1. The number of rotatable bonds is 5. The minimum atomic E-state index is -2.61. The first kappa shape index (κ1) is 20.7. The second-order valence-corrected chi connectivity index (χ2v) is 7.49. The Hall–Kier alpha value is -2.99. The van der Waals surface area contributed by atoms with Crippen LogP contribution in [0, 0.1) is 5.92 Å². The maximum Gasteiger partial charge on any atom is 0.363 e. The first-order chi connectivity index (χ1) is 13.7. The minimum absolute atomic E-state index is 0.00295. The van der Waals surface area contributed by atoms with Gasteiger partial charge in [-0.2, -0.15) is 22.9 Å². The number of halogens is 1. The Kier molecular flexibility index (Phi) is 5.84. The van der Waals surface area contributed by atoms with Crippen molar-refractivity contribution in [2.75, 3.05) is 0 Å². The molecule has 1 unspecified atom stereocenters. The fourth-order valence-electron chi connectivity index (χ4n) is 2.82. The number of carbonyl (C=O) groups excluding carboxylic acids is 1. The molecule has 29 heavy (non-hydrogen) atoms. The van der Waals surface area contributed by atoms with Gasteiger partial charge in [-0.15, -0.1) is 0 Å². The molecule has 0 fully saturated rings. The van der Waals surface area contributed by atoms with Crippen LogP contribution in [0.2, 0.25) is 0 Å². The quantitative estimate of drug-likeness (QED) is 0.466. The van der Waals surface area contributed by atoms with Gasteiger partial charge in [0, 0.05) is 25.6 Å². The van der Waals surface area contributed by atoms with E-state index in [9.17, 15) is 18.0 Å². The van der Waals surface area contributed by atoms with Crippen molar-refractivity contribution in [2.24, 2.45) is 13.0 Å². The minimum Gasteiger partial charge on any atom is -0.404 e. The number of allylic oxidation sites excluding steroid dienone is 2. The third-order valence-electron chi connectivity index (χ3n) is 4.44. The largest absolute Gasteiger partial charge is 0.404 e. The van der Waals surface area contributed by atoms with Gasteiger partial charge in [-0.25, -0.2) is 14.3 Å². The van der Waals surface area contributed by atoms with Crippen LogP contribution in [-0.4, -0.2) is 48.8 Å². The zero-order valence-electron chi connectivity index (χ0n) is 15.7. The number of carbonyl (C=O) groups is 1. The number of aryl methyl sites for hydroxylation is 2. The SMILES string of the molecule is CCn1nccc1OC(=O)C1=CC(=S(=O)=O)C(C)C(Cn2nnn(C)c2=O)=C1Cl. The number of hydrogen-bond donors (Lipinski definition) is 0. The molecular weight excluding hydrogens is 424 g/mol. The van der Waals surface area contributed by atoms with Crippen molar-refractivity contribution in [3.63, 3.8) is 0 Å². The maximum atomic E-state index is 12.7. The number of nitrogens with zero attached hydrogens (tertiary/aromatic N) is 6. The summed E-state index contributed by atoms with van der Waals surface area (Å²) in [4.78, 5) is 24.7. The number of ether oxygens (including phenoxy) is 1. The van der Waals surface area contributed by atoms with E-state index in [-0.39, 0.29) is 27.9 Å². The van der Waals surface area contributed by atoms with E-state index in [0.717, 1.165) is 9.36 Å². The molecule has 2 aromatic rings. The summed E-state index contributed by atoms with van der Waals surface area (Å²) in [5.74, 6) is -1.32. The van der Waals surface area contributed by atoms with Crippen molar-refractivity contribution >= 4 is 32.7 Å². The van der Waals surface area contributed by atoms with Gasteiger partial charge in [0.1, 0.15) is 0 Å². The lowest BCUT2D eigenvalue weighted by Gasteiger charge is -2.22. The predicted octanol–water partition coefficient (Wildman–Crippen LogP) is -0.0807. The van der Waals surface area contributed by atoms with Gasteiger partial charge >= 0.3 is 11.7 Å². The van der Waals surface area contributed by atoms with Crippen LogP contribution in [0.4, 0.5) is 0 Å². The Morgan fingerprint density at radius 1 is 1.31 bits per heavy atom. The van der Waals surface area contributed by atoms with E-state index in [1.165, 1.54) is 30.1 Å². The Morgan fingerprint density at radius 2 is 2.03 bits per heavy atom. The molecule has 0 N–H and O–H groups in total. The molecule has 0 saturated heterocycles. The fourth-order valence-corrected chi connectivity index (χ4v) is 3.82. The maximum absolute atomic E-state index is 12.7. The summed E-state index contributed by atoms with van der Waals surface area (Å²) < 4.78 is 32.3. The molecule has 154 valence electrons. The summed E-state index contributed by atoms with van der Waals surface area (Å²) in [6.45, 7) is 3.76. The van der Waals surface area contributed by atoms with Gasteiger partial charge in [0.2, 0.25) is 16.2 Å². The van der Waals surface area contributed by atoms with Crippen LogP contribution in [0.1, 0.15) is 13.8 Å². The first-order valence-corrected chi connectivity index (χ1v) is 9.97. The van der Waals surface area contributed by atoms with E-state index in [4.69, 9.17) is 16.3 Å². The molecule has 1 aliphatic carbocycles. The summed E-state index contributed by atoms with van der Waals surface area (Å²) in [5.41, 5.74) is -0.323. The van der Waals surface area contributed by atoms with Crippen molar-refractivity contribution in [1.29, 1.82) is 0 Å². The van der Waals surface area contributed by atoms with Gasteiger partial charge in [0.25, 0.3) is 0 Å². The highest BCUT2D eigenvalue weighted by molar-refractivity contribution is 7.73. The highest BCUT2D eigenvalue weighted by Gasteiger charge is 2.31.